The van der Waals surface area contributed by atoms with Crippen molar-refractivity contribution in [1.29, 1.82) is 0 Å². The topological polar surface area (TPSA) is 24.6 Å². The molecule has 2 aromatic heterocycles. The van der Waals surface area contributed by atoms with Crippen LogP contribution in [0.2, 0.25) is 0 Å². The van der Waals surface area contributed by atoms with Crippen molar-refractivity contribution in [3.8, 4) is 27.9 Å². The number of nitrogens with zero attached hydrogens (tertiary/aromatic N) is 3. The molecule has 0 aliphatic carbocycles. The van der Waals surface area contributed by atoms with Crippen LogP contribution in [0.15, 0.2) is 277 Å². The Kier molecular flexibility index (Phi) is 9.82. The van der Waals surface area contributed by atoms with Gasteiger partial charge in [-0.1, -0.05) is 176 Å². The molecular weight excluding hydrogens is 875 g/mol. The second kappa shape index (κ2) is 17.1. The molecule has 0 fully saturated rings. The predicted molar refractivity (Wildman–Crippen MR) is 303 cm³/mol. The summed E-state index contributed by atoms with van der Waals surface area (Å²) in [6.45, 7) is 0. The zero-order chi connectivity index (χ0) is 47.5. The number of aromatic nitrogens is 1. The van der Waals surface area contributed by atoms with E-state index in [1.807, 2.05) is 12.1 Å². The van der Waals surface area contributed by atoms with Crippen LogP contribution in [-0.4, -0.2) is 4.57 Å². The minimum Gasteiger partial charge on any atom is -0.456 e. The highest BCUT2D eigenvalue weighted by atomic mass is 16.3. The second-order valence-corrected chi connectivity index (χ2v) is 18.5. The summed E-state index contributed by atoms with van der Waals surface area (Å²) >= 11 is 0. The fourth-order valence-electron chi connectivity index (χ4n) is 10.9. The molecule has 0 unspecified atom stereocenters. The summed E-state index contributed by atoms with van der Waals surface area (Å²) in [5.41, 5.74) is 16.5. The third-order valence-electron chi connectivity index (χ3n) is 14.4. The van der Waals surface area contributed by atoms with Crippen molar-refractivity contribution in [1.82, 2.24) is 4.57 Å². The van der Waals surface area contributed by atoms with E-state index in [0.29, 0.717) is 0 Å². The number of hydrogen-bond acceptors (Lipinski definition) is 3. The molecule has 0 amide bonds. The lowest BCUT2D eigenvalue weighted by molar-refractivity contribution is 0.669. The maximum Gasteiger partial charge on any atom is 0.137 e. The van der Waals surface area contributed by atoms with E-state index >= 15 is 0 Å². The van der Waals surface area contributed by atoms with Crippen LogP contribution in [0.1, 0.15) is 0 Å². The SMILES string of the molecule is c1ccc(-n2c3ccccc3c3cc(N(c4ccc(-c5ccc(-c6ccc(N(c7ccc8c(c7)oc7ccccc78)c7cccc8ccccc78)cc6)cc5)cc4)c4cccc5ccccc45)ccc32)cc1. The first-order valence-electron chi connectivity index (χ1n) is 24.6. The van der Waals surface area contributed by atoms with Gasteiger partial charge in [0.15, 0.2) is 0 Å². The fraction of sp³-hybridized carbons (Fsp3) is 0. The number of para-hydroxylation sites is 3. The van der Waals surface area contributed by atoms with Crippen molar-refractivity contribution in [2.75, 3.05) is 9.80 Å². The summed E-state index contributed by atoms with van der Waals surface area (Å²) in [5, 5.41) is 9.46. The molecule has 0 aliphatic rings. The van der Waals surface area contributed by atoms with Crippen molar-refractivity contribution in [3.05, 3.63) is 273 Å². The maximum absolute atomic E-state index is 6.40. The zero-order valence-corrected chi connectivity index (χ0v) is 39.2. The molecule has 14 aromatic rings. The number of furan rings is 1. The minimum absolute atomic E-state index is 0.869. The van der Waals surface area contributed by atoms with Gasteiger partial charge in [0.25, 0.3) is 0 Å². The van der Waals surface area contributed by atoms with Gasteiger partial charge in [-0.25, -0.2) is 0 Å². The summed E-state index contributed by atoms with van der Waals surface area (Å²) in [6, 6.07) is 98.4. The molecule has 0 saturated heterocycles. The number of benzene rings is 12. The van der Waals surface area contributed by atoms with Crippen LogP contribution < -0.4 is 9.80 Å². The lowest BCUT2D eigenvalue weighted by Gasteiger charge is -2.27. The van der Waals surface area contributed by atoms with Gasteiger partial charge in [-0.3, -0.25) is 0 Å². The van der Waals surface area contributed by atoms with Crippen LogP contribution in [-0.2, 0) is 0 Å². The summed E-state index contributed by atoms with van der Waals surface area (Å²) in [7, 11) is 0. The molecule has 0 bridgehead atoms. The van der Waals surface area contributed by atoms with Crippen LogP contribution >= 0.6 is 0 Å². The molecule has 2 heterocycles. The molecule has 4 nitrogen and oxygen atoms in total. The Balaban J connectivity index is 0.797. The van der Waals surface area contributed by atoms with Crippen molar-refractivity contribution >= 4 is 99.4 Å². The van der Waals surface area contributed by atoms with Crippen molar-refractivity contribution in [2.24, 2.45) is 0 Å². The summed E-state index contributed by atoms with van der Waals surface area (Å²) in [6.07, 6.45) is 0. The Hall–Kier alpha value is -9.64. The Labute approximate surface area is 417 Å². The first-order valence-corrected chi connectivity index (χ1v) is 24.6. The Morgan fingerprint density at radius 1 is 0.264 bits per heavy atom. The van der Waals surface area contributed by atoms with Gasteiger partial charge in [-0.2, -0.15) is 0 Å². The molecule has 0 spiro atoms. The summed E-state index contributed by atoms with van der Waals surface area (Å²) in [4.78, 5) is 4.75. The van der Waals surface area contributed by atoms with Gasteiger partial charge in [-0.15, -0.1) is 0 Å². The van der Waals surface area contributed by atoms with Crippen LogP contribution in [0.25, 0.3) is 93.2 Å². The third-order valence-corrected chi connectivity index (χ3v) is 14.4. The predicted octanol–water partition coefficient (Wildman–Crippen LogP) is 19.3. The molecule has 72 heavy (non-hydrogen) atoms. The van der Waals surface area contributed by atoms with E-state index in [1.54, 1.807) is 0 Å². The quantitative estimate of drug-likeness (QED) is 0.144. The highest BCUT2D eigenvalue weighted by Crippen LogP contribution is 2.44. The van der Waals surface area contributed by atoms with E-state index in [-0.39, 0.29) is 0 Å². The average molecular weight is 920 g/mol. The second-order valence-electron chi connectivity index (χ2n) is 18.5. The van der Waals surface area contributed by atoms with E-state index in [2.05, 4.69) is 275 Å². The first-order chi connectivity index (χ1) is 35.7. The normalized spacial score (nSPS) is 11.6. The van der Waals surface area contributed by atoms with Crippen LogP contribution in [0.3, 0.4) is 0 Å². The number of anilines is 6. The highest BCUT2D eigenvalue weighted by Gasteiger charge is 2.21. The van der Waals surface area contributed by atoms with Gasteiger partial charge < -0.3 is 18.8 Å². The van der Waals surface area contributed by atoms with E-state index in [9.17, 15) is 0 Å². The van der Waals surface area contributed by atoms with Crippen molar-refractivity contribution in [2.45, 2.75) is 0 Å². The standard InChI is InChI=1S/C68H45N3O/c1-2-18-52(19-3-1)71-65-24-10-8-22-59(65)62-44-55(41-43-66(62)71)69(63-25-12-16-50-14-4-6-20-57(50)63)53-36-32-48(33-37-53)46-28-30-47(31-29-46)49-34-38-54(39-35-49)70(64-26-13-17-51-15-5-7-21-58(51)64)56-40-42-61-60-23-9-11-27-67(60)72-68(61)45-56/h1-45H. The molecular formula is C68H45N3O. The molecule has 0 saturated carbocycles. The minimum atomic E-state index is 0.869. The maximum atomic E-state index is 6.40. The van der Waals surface area contributed by atoms with Gasteiger partial charge in [0.2, 0.25) is 0 Å². The third kappa shape index (κ3) is 7.00. The molecule has 14 rings (SSSR count). The number of fused-ring (bicyclic) bond motifs is 8. The summed E-state index contributed by atoms with van der Waals surface area (Å²) < 4.78 is 8.77. The van der Waals surface area contributed by atoms with E-state index in [0.717, 1.165) is 84.0 Å². The molecule has 0 atom stereocenters. The Morgan fingerprint density at radius 3 is 1.31 bits per heavy atom. The highest BCUT2D eigenvalue weighted by molar-refractivity contribution is 6.12. The first kappa shape index (κ1) is 41.3. The van der Waals surface area contributed by atoms with Crippen molar-refractivity contribution in [3.63, 3.8) is 0 Å². The lowest BCUT2D eigenvalue weighted by atomic mass is 9.99. The van der Waals surface area contributed by atoms with E-state index in [1.165, 1.54) is 43.4 Å². The number of rotatable bonds is 9. The molecule has 0 aliphatic heterocycles. The largest absolute Gasteiger partial charge is 0.456 e. The van der Waals surface area contributed by atoms with Gasteiger partial charge in [0, 0.05) is 66.8 Å². The Morgan fingerprint density at radius 2 is 0.694 bits per heavy atom. The zero-order valence-electron chi connectivity index (χ0n) is 39.2. The molecule has 0 N–H and O–H groups in total. The molecule has 4 heteroatoms. The van der Waals surface area contributed by atoms with Crippen molar-refractivity contribution < 1.29 is 4.42 Å². The lowest BCUT2D eigenvalue weighted by Crippen LogP contribution is -2.10. The summed E-state index contributed by atoms with van der Waals surface area (Å²) in [5.74, 6) is 0. The van der Waals surface area contributed by atoms with Gasteiger partial charge in [0.05, 0.1) is 22.4 Å². The van der Waals surface area contributed by atoms with E-state index in [4.69, 9.17) is 4.42 Å². The molecule has 0 radical (unpaired) electrons. The molecule has 338 valence electrons. The fourth-order valence-corrected chi connectivity index (χ4v) is 10.9. The van der Waals surface area contributed by atoms with Crippen LogP contribution in [0, 0.1) is 0 Å². The van der Waals surface area contributed by atoms with Gasteiger partial charge >= 0.3 is 0 Å². The van der Waals surface area contributed by atoms with E-state index < -0.39 is 0 Å². The average Bonchev–Trinajstić information content (AvgIpc) is 3.99. The van der Waals surface area contributed by atoms with Crippen LogP contribution in [0.5, 0.6) is 0 Å². The van der Waals surface area contributed by atoms with Gasteiger partial charge in [-0.05, 0) is 124 Å². The Bertz CT molecular complexity index is 4310. The molecule has 12 aromatic carbocycles. The van der Waals surface area contributed by atoms with Crippen LogP contribution in [0.4, 0.5) is 34.1 Å². The smallest absolute Gasteiger partial charge is 0.137 e. The number of hydrogen-bond donors (Lipinski definition) is 0. The van der Waals surface area contributed by atoms with Gasteiger partial charge in [0.1, 0.15) is 11.2 Å². The monoisotopic (exact) mass is 919 g/mol.